The molecule has 0 atom stereocenters. The van der Waals surface area contributed by atoms with Crippen molar-refractivity contribution in [3.8, 4) is 48.6 Å². The lowest BCUT2D eigenvalue weighted by Crippen LogP contribution is -2.00. The Labute approximate surface area is 302 Å². The summed E-state index contributed by atoms with van der Waals surface area (Å²) in [6.45, 7) is 0. The predicted molar refractivity (Wildman–Crippen MR) is 187 cm³/mol. The topological polar surface area (TPSA) is 253 Å². The first kappa shape index (κ1) is 36.3. The van der Waals surface area contributed by atoms with Crippen LogP contribution in [0.4, 0.5) is 0 Å². The first-order chi connectivity index (χ1) is 25.5. The van der Waals surface area contributed by atoms with Gasteiger partial charge >= 0.3 is 0 Å². The number of aromatic nitrogens is 4. The minimum absolute atomic E-state index is 0.113. The summed E-state index contributed by atoms with van der Waals surface area (Å²) in [7, 11) is 0. The number of nitrogens with one attached hydrogen (secondary N) is 4. The molecule has 8 bridgehead atoms. The molecule has 0 saturated heterocycles. The van der Waals surface area contributed by atoms with Crippen molar-refractivity contribution in [3.63, 3.8) is 0 Å². The van der Waals surface area contributed by atoms with Gasteiger partial charge in [0, 0.05) is 96.9 Å². The number of hydrogen-bond donors (Lipinski definition) is 4. The fraction of sp³-hybridized carbons (Fsp3) is 0.400. The van der Waals surface area contributed by atoms with E-state index in [2.05, 4.69) is 68.5 Å². The third-order valence-corrected chi connectivity index (χ3v) is 9.96. The first-order valence-corrected chi connectivity index (χ1v) is 17.3. The van der Waals surface area contributed by atoms with E-state index in [9.17, 15) is 42.1 Å². The third-order valence-electron chi connectivity index (χ3n) is 9.96. The second kappa shape index (κ2) is 17.1. The van der Waals surface area contributed by atoms with Crippen LogP contribution in [0.25, 0.3) is 0 Å². The standard InChI is InChI=1S/C40H36N12/c41-13-1-5-25-29(9-17-45)37-22-34-27(7-3-15-43)31(11-19-47)39(51-34)24-36-28(8-4-16-44)32(12-20-48)40(52-36)23-35-26(6-2-14-42)30(10-18-46)38(50-35)21-33(25)49-37/h49-52H,1-12,21-24H2. The van der Waals surface area contributed by atoms with E-state index >= 15 is 0 Å². The lowest BCUT2D eigenvalue weighted by Gasteiger charge is -2.07. The van der Waals surface area contributed by atoms with Gasteiger partial charge in [-0.2, -0.15) is 42.1 Å². The van der Waals surface area contributed by atoms with Gasteiger partial charge in [-0.15, -0.1) is 0 Å². The molecule has 1 aliphatic rings. The molecule has 0 aromatic carbocycles. The Kier molecular flexibility index (Phi) is 12.0. The summed E-state index contributed by atoms with van der Waals surface area (Å²) >= 11 is 0. The van der Waals surface area contributed by atoms with Crippen LogP contribution in [0.3, 0.4) is 0 Å². The molecule has 5 heterocycles. The van der Waals surface area contributed by atoms with Crippen LogP contribution >= 0.6 is 0 Å². The van der Waals surface area contributed by atoms with E-state index in [0.29, 0.717) is 51.4 Å². The number of nitriles is 8. The van der Waals surface area contributed by atoms with Crippen LogP contribution in [-0.4, -0.2) is 19.9 Å². The number of rotatable bonds is 12. The van der Waals surface area contributed by atoms with Gasteiger partial charge in [-0.3, -0.25) is 0 Å². The lowest BCUT2D eigenvalue weighted by molar-refractivity contribution is 0.910. The molecule has 4 aromatic heterocycles. The number of H-pyrrole nitrogens is 4. The van der Waals surface area contributed by atoms with E-state index in [1.54, 1.807) is 0 Å². The molecule has 0 unspecified atom stereocenters. The Bertz CT molecular complexity index is 1990. The highest BCUT2D eigenvalue weighted by molar-refractivity contribution is 5.51. The molecule has 0 aliphatic carbocycles. The highest BCUT2D eigenvalue weighted by atomic mass is 14.8. The lowest BCUT2D eigenvalue weighted by atomic mass is 9.93. The Hall–Kier alpha value is -6.96. The van der Waals surface area contributed by atoms with Crippen LogP contribution in [0, 0.1) is 90.6 Å². The molecule has 12 heteroatoms. The largest absolute Gasteiger partial charge is 0.361 e. The zero-order chi connectivity index (χ0) is 37.0. The van der Waals surface area contributed by atoms with Gasteiger partial charge in [0.1, 0.15) is 0 Å². The van der Waals surface area contributed by atoms with Gasteiger partial charge in [-0.05, 0) is 70.2 Å². The van der Waals surface area contributed by atoms with E-state index in [1.165, 1.54) is 0 Å². The molecular formula is C40H36N12. The molecule has 1 aliphatic heterocycles. The maximum absolute atomic E-state index is 9.97. The number of hydrogen-bond acceptors (Lipinski definition) is 8. The summed E-state index contributed by atoms with van der Waals surface area (Å²) < 4.78 is 0. The number of aromatic amines is 4. The zero-order valence-corrected chi connectivity index (χ0v) is 28.9. The van der Waals surface area contributed by atoms with Crippen LogP contribution in [0.2, 0.25) is 0 Å². The van der Waals surface area contributed by atoms with Gasteiger partial charge in [0.2, 0.25) is 0 Å². The molecule has 0 fully saturated rings. The molecule has 256 valence electrons. The van der Waals surface area contributed by atoms with E-state index in [-0.39, 0.29) is 51.4 Å². The molecular weight excluding hydrogens is 649 g/mol. The number of fused-ring (bicyclic) bond motifs is 8. The van der Waals surface area contributed by atoms with E-state index in [4.69, 9.17) is 0 Å². The summed E-state index contributed by atoms with van der Waals surface area (Å²) in [6.07, 6.45) is 4.57. The monoisotopic (exact) mass is 684 g/mol. The first-order valence-electron chi connectivity index (χ1n) is 17.3. The van der Waals surface area contributed by atoms with Crippen LogP contribution < -0.4 is 0 Å². The fourth-order valence-corrected chi connectivity index (χ4v) is 7.80. The second-order valence-corrected chi connectivity index (χ2v) is 12.8. The highest BCUT2D eigenvalue weighted by Gasteiger charge is 2.27. The average Bonchev–Trinajstić information content (AvgIpc) is 3.83. The molecule has 0 saturated carbocycles. The van der Waals surface area contributed by atoms with E-state index < -0.39 is 0 Å². The van der Waals surface area contributed by atoms with Crippen molar-refractivity contribution in [2.45, 2.75) is 103 Å². The van der Waals surface area contributed by atoms with E-state index in [1.807, 2.05) is 0 Å². The highest BCUT2D eigenvalue weighted by Crippen LogP contribution is 2.34. The van der Waals surface area contributed by atoms with Crippen molar-refractivity contribution >= 4 is 0 Å². The molecule has 12 nitrogen and oxygen atoms in total. The summed E-state index contributed by atoms with van der Waals surface area (Å²) in [5.74, 6) is 0. The van der Waals surface area contributed by atoms with E-state index in [0.717, 1.165) is 90.1 Å². The van der Waals surface area contributed by atoms with Crippen molar-refractivity contribution in [3.05, 3.63) is 90.1 Å². The molecule has 0 spiro atoms. The Balaban J connectivity index is 1.85. The molecule has 0 radical (unpaired) electrons. The van der Waals surface area contributed by atoms with Crippen molar-refractivity contribution in [1.82, 2.24) is 19.9 Å². The molecule has 4 N–H and O–H groups in total. The molecule has 4 aromatic rings. The summed E-state index contributed by atoms with van der Waals surface area (Å²) in [6, 6.07) is 18.2. The van der Waals surface area contributed by atoms with Gasteiger partial charge < -0.3 is 19.9 Å². The Morgan fingerprint density at radius 3 is 0.654 bits per heavy atom. The fourth-order valence-electron chi connectivity index (χ4n) is 7.80. The molecule has 5 rings (SSSR count). The minimum atomic E-state index is 0.113. The third kappa shape index (κ3) is 7.45. The predicted octanol–water partition coefficient (Wildman–Crippen LogP) is 5.76. The second-order valence-electron chi connectivity index (χ2n) is 12.8. The van der Waals surface area contributed by atoms with Gasteiger partial charge in [0.25, 0.3) is 0 Å². The van der Waals surface area contributed by atoms with Crippen molar-refractivity contribution < 1.29 is 0 Å². The van der Waals surface area contributed by atoms with Crippen LogP contribution in [-0.2, 0) is 77.0 Å². The van der Waals surface area contributed by atoms with Crippen molar-refractivity contribution in [1.29, 1.82) is 42.1 Å². The van der Waals surface area contributed by atoms with Gasteiger partial charge in [-0.1, -0.05) is 0 Å². The molecule has 52 heavy (non-hydrogen) atoms. The zero-order valence-electron chi connectivity index (χ0n) is 28.9. The Morgan fingerprint density at radius 1 is 0.288 bits per heavy atom. The van der Waals surface area contributed by atoms with Gasteiger partial charge in [0.05, 0.1) is 74.2 Å². The Morgan fingerprint density at radius 2 is 0.481 bits per heavy atom. The maximum atomic E-state index is 9.97. The number of nitrogens with zero attached hydrogens (tertiary/aromatic N) is 8. The van der Waals surface area contributed by atoms with Crippen LogP contribution in [0.15, 0.2) is 0 Å². The summed E-state index contributed by atoms with van der Waals surface area (Å²) in [5.41, 5.74) is 13.3. The summed E-state index contributed by atoms with van der Waals surface area (Å²) in [4.78, 5) is 14.4. The average molecular weight is 685 g/mol. The van der Waals surface area contributed by atoms with Crippen LogP contribution in [0.5, 0.6) is 0 Å². The van der Waals surface area contributed by atoms with Gasteiger partial charge in [0.15, 0.2) is 0 Å². The quantitative estimate of drug-likeness (QED) is 0.125. The van der Waals surface area contributed by atoms with Gasteiger partial charge in [-0.25, -0.2) is 0 Å². The SMILES string of the molecule is N#CCCc1c2[nH]c(c1CC#N)Cc1[nH]c(c(CC#N)c1CCC#N)Cc1[nH]c(c(CC#N)c1CCC#N)Cc1[nH]c(c(CC#N)c1CCC#N)C2. The molecule has 0 amide bonds. The maximum Gasteiger partial charge on any atom is 0.0670 e. The van der Waals surface area contributed by atoms with Crippen molar-refractivity contribution in [2.24, 2.45) is 0 Å². The minimum Gasteiger partial charge on any atom is -0.361 e. The smallest absolute Gasteiger partial charge is 0.0670 e. The summed E-state index contributed by atoms with van der Waals surface area (Å²) in [5, 5.41) is 78.2. The van der Waals surface area contributed by atoms with Crippen molar-refractivity contribution in [2.75, 3.05) is 0 Å². The normalized spacial score (nSPS) is 11.5. The van der Waals surface area contributed by atoms with Crippen LogP contribution in [0.1, 0.15) is 116 Å².